The Morgan fingerprint density at radius 2 is 1.94 bits per heavy atom. The van der Waals surface area contributed by atoms with Gasteiger partial charge in [-0.2, -0.15) is 0 Å². The predicted octanol–water partition coefficient (Wildman–Crippen LogP) is 1.74. The smallest absolute Gasteiger partial charge is 0.226 e. The molecule has 1 aromatic carbocycles. The molecule has 0 bridgehead atoms. The predicted molar refractivity (Wildman–Crippen MR) is 63.4 cm³/mol. The summed E-state index contributed by atoms with van der Waals surface area (Å²) in [6.07, 6.45) is 3.44. The van der Waals surface area contributed by atoms with Gasteiger partial charge >= 0.3 is 0 Å². The highest BCUT2D eigenvalue weighted by molar-refractivity contribution is 5.93. The number of carbonyl (C=O) groups excluding carboxylic acids is 1. The molecule has 1 saturated heterocycles. The van der Waals surface area contributed by atoms with E-state index in [9.17, 15) is 4.79 Å². The van der Waals surface area contributed by atoms with Crippen LogP contribution in [0.25, 0.3) is 0 Å². The van der Waals surface area contributed by atoms with E-state index in [1.54, 1.807) is 0 Å². The average molecular weight is 219 g/mol. The van der Waals surface area contributed by atoms with Crippen LogP contribution >= 0.6 is 0 Å². The third-order valence-electron chi connectivity index (χ3n) is 2.97. The van der Waals surface area contributed by atoms with Crippen LogP contribution in [0.3, 0.4) is 0 Å². The second-order valence-electron chi connectivity index (χ2n) is 4.14. The van der Waals surface area contributed by atoms with Crippen molar-refractivity contribution >= 4 is 11.6 Å². The molecule has 0 aliphatic carbocycles. The topological polar surface area (TPSA) is 40.5 Å². The van der Waals surface area contributed by atoms with E-state index in [0.717, 1.165) is 30.6 Å². The summed E-state index contributed by atoms with van der Waals surface area (Å²) in [6, 6.07) is 7.89. The molecule has 0 aromatic heterocycles. The van der Waals surface area contributed by atoms with Crippen LogP contribution in [0.4, 0.5) is 5.69 Å². The number of rotatable bonds is 3. The summed E-state index contributed by atoms with van der Waals surface area (Å²) in [4.78, 5) is 13.5. The van der Waals surface area contributed by atoms with Crippen molar-refractivity contribution in [3.8, 4) is 0 Å². The van der Waals surface area contributed by atoms with Crippen LogP contribution in [0, 0.1) is 0 Å². The lowest BCUT2D eigenvalue weighted by Crippen LogP contribution is -2.35. The van der Waals surface area contributed by atoms with Gasteiger partial charge in [-0.15, -0.1) is 0 Å². The molecule has 16 heavy (non-hydrogen) atoms. The molecular formula is C13H17NO2. The summed E-state index contributed by atoms with van der Waals surface area (Å²) < 4.78 is 0. The maximum atomic E-state index is 11.7. The maximum Gasteiger partial charge on any atom is 0.226 e. The molecule has 1 aromatic rings. The Morgan fingerprint density at radius 3 is 2.56 bits per heavy atom. The third-order valence-corrected chi connectivity index (χ3v) is 2.97. The lowest BCUT2D eigenvalue weighted by atomic mass is 10.1. The molecule has 3 nitrogen and oxygen atoms in total. The molecule has 0 spiro atoms. The molecule has 1 aliphatic heterocycles. The number of amides is 1. The van der Waals surface area contributed by atoms with Gasteiger partial charge < -0.3 is 10.0 Å². The van der Waals surface area contributed by atoms with E-state index in [4.69, 9.17) is 5.11 Å². The van der Waals surface area contributed by atoms with E-state index in [-0.39, 0.29) is 12.5 Å². The number of piperidine rings is 1. The number of benzene rings is 1. The monoisotopic (exact) mass is 219 g/mol. The van der Waals surface area contributed by atoms with E-state index in [1.165, 1.54) is 0 Å². The summed E-state index contributed by atoms with van der Waals surface area (Å²) in [6.45, 7) is 1.00. The number of anilines is 1. The highest BCUT2D eigenvalue weighted by Gasteiger charge is 2.19. The quantitative estimate of drug-likeness (QED) is 0.841. The van der Waals surface area contributed by atoms with Crippen LogP contribution in [0.2, 0.25) is 0 Å². The fraction of sp³-hybridized carbons (Fsp3) is 0.462. The van der Waals surface area contributed by atoms with Crippen molar-refractivity contribution in [3.05, 3.63) is 29.8 Å². The molecule has 0 radical (unpaired) electrons. The van der Waals surface area contributed by atoms with Gasteiger partial charge in [0.1, 0.15) is 0 Å². The standard InChI is InChI=1S/C13H17NO2/c15-10-8-11-4-6-12(7-5-11)14-9-2-1-3-13(14)16/h4-7,15H,1-3,8-10H2. The van der Waals surface area contributed by atoms with Gasteiger partial charge in [-0.25, -0.2) is 0 Å². The molecule has 3 heteroatoms. The van der Waals surface area contributed by atoms with Crippen LogP contribution in [-0.2, 0) is 11.2 Å². The summed E-state index contributed by atoms with van der Waals surface area (Å²) in [5.74, 6) is 0.223. The summed E-state index contributed by atoms with van der Waals surface area (Å²) in [7, 11) is 0. The molecule has 1 amide bonds. The number of carbonyl (C=O) groups is 1. The number of aliphatic hydroxyl groups is 1. The Labute approximate surface area is 95.7 Å². The molecule has 2 rings (SSSR count). The minimum Gasteiger partial charge on any atom is -0.396 e. The molecule has 0 saturated carbocycles. The first kappa shape index (κ1) is 11.1. The largest absolute Gasteiger partial charge is 0.396 e. The maximum absolute atomic E-state index is 11.7. The Kier molecular flexibility index (Phi) is 3.57. The normalized spacial score (nSPS) is 16.6. The van der Waals surface area contributed by atoms with Gasteiger partial charge in [-0.1, -0.05) is 12.1 Å². The fourth-order valence-corrected chi connectivity index (χ4v) is 2.05. The second kappa shape index (κ2) is 5.12. The van der Waals surface area contributed by atoms with Gasteiger partial charge in [0, 0.05) is 25.3 Å². The van der Waals surface area contributed by atoms with Crippen molar-refractivity contribution in [1.82, 2.24) is 0 Å². The lowest BCUT2D eigenvalue weighted by Gasteiger charge is -2.26. The van der Waals surface area contributed by atoms with Crippen LogP contribution < -0.4 is 4.90 Å². The second-order valence-corrected chi connectivity index (χ2v) is 4.14. The van der Waals surface area contributed by atoms with E-state index in [1.807, 2.05) is 29.2 Å². The minimum absolute atomic E-state index is 0.169. The van der Waals surface area contributed by atoms with Crippen molar-refractivity contribution in [2.45, 2.75) is 25.7 Å². The SMILES string of the molecule is O=C1CCCCN1c1ccc(CCO)cc1. The number of hydrogen-bond donors (Lipinski definition) is 1. The molecular weight excluding hydrogens is 202 g/mol. The lowest BCUT2D eigenvalue weighted by molar-refractivity contribution is -0.119. The zero-order valence-electron chi connectivity index (χ0n) is 9.35. The van der Waals surface area contributed by atoms with Crippen LogP contribution in [0.15, 0.2) is 24.3 Å². The Balaban J connectivity index is 2.11. The van der Waals surface area contributed by atoms with Gasteiger partial charge in [0.05, 0.1) is 0 Å². The van der Waals surface area contributed by atoms with Crippen molar-refractivity contribution in [3.63, 3.8) is 0 Å². The molecule has 1 heterocycles. The first-order valence-corrected chi connectivity index (χ1v) is 5.81. The fourth-order valence-electron chi connectivity index (χ4n) is 2.05. The number of hydrogen-bond acceptors (Lipinski definition) is 2. The molecule has 0 unspecified atom stereocenters. The van der Waals surface area contributed by atoms with Crippen LogP contribution in [-0.4, -0.2) is 24.2 Å². The summed E-state index contributed by atoms with van der Waals surface area (Å²) >= 11 is 0. The first-order valence-electron chi connectivity index (χ1n) is 5.81. The third kappa shape index (κ3) is 2.42. The van der Waals surface area contributed by atoms with Gasteiger partial charge in [0.2, 0.25) is 5.91 Å². The van der Waals surface area contributed by atoms with E-state index in [2.05, 4.69) is 0 Å². The highest BCUT2D eigenvalue weighted by atomic mass is 16.2. The zero-order chi connectivity index (χ0) is 11.4. The summed E-state index contributed by atoms with van der Waals surface area (Å²) in [5.41, 5.74) is 2.09. The zero-order valence-corrected chi connectivity index (χ0v) is 9.35. The van der Waals surface area contributed by atoms with E-state index >= 15 is 0 Å². The first-order chi connectivity index (χ1) is 7.81. The summed E-state index contributed by atoms with van der Waals surface area (Å²) in [5, 5.41) is 8.82. The van der Waals surface area contributed by atoms with Gasteiger partial charge in [-0.05, 0) is 37.0 Å². The molecule has 1 aliphatic rings. The van der Waals surface area contributed by atoms with Crippen molar-refractivity contribution < 1.29 is 9.90 Å². The Morgan fingerprint density at radius 1 is 1.19 bits per heavy atom. The van der Waals surface area contributed by atoms with Crippen molar-refractivity contribution in [1.29, 1.82) is 0 Å². The number of aliphatic hydroxyl groups excluding tert-OH is 1. The molecule has 1 fully saturated rings. The minimum atomic E-state index is 0.169. The van der Waals surface area contributed by atoms with Gasteiger partial charge in [0.15, 0.2) is 0 Å². The van der Waals surface area contributed by atoms with Crippen LogP contribution in [0.1, 0.15) is 24.8 Å². The van der Waals surface area contributed by atoms with Crippen molar-refractivity contribution in [2.75, 3.05) is 18.1 Å². The Hall–Kier alpha value is -1.35. The van der Waals surface area contributed by atoms with Crippen molar-refractivity contribution in [2.24, 2.45) is 0 Å². The van der Waals surface area contributed by atoms with E-state index < -0.39 is 0 Å². The molecule has 1 N–H and O–H groups in total. The van der Waals surface area contributed by atoms with Crippen LogP contribution in [0.5, 0.6) is 0 Å². The van der Waals surface area contributed by atoms with Gasteiger partial charge in [0.25, 0.3) is 0 Å². The molecule has 0 atom stereocenters. The highest BCUT2D eigenvalue weighted by Crippen LogP contribution is 2.21. The average Bonchev–Trinajstić information content (AvgIpc) is 2.31. The number of nitrogens with zero attached hydrogens (tertiary/aromatic N) is 1. The Bertz CT molecular complexity index is 359. The van der Waals surface area contributed by atoms with Gasteiger partial charge in [-0.3, -0.25) is 4.79 Å². The van der Waals surface area contributed by atoms with E-state index in [0.29, 0.717) is 12.8 Å². The molecule has 86 valence electrons.